The van der Waals surface area contributed by atoms with Gasteiger partial charge in [-0.1, -0.05) is 44.2 Å². The van der Waals surface area contributed by atoms with Gasteiger partial charge in [0.1, 0.15) is 0 Å². The Morgan fingerprint density at radius 2 is 1.89 bits per heavy atom. The van der Waals surface area contributed by atoms with Gasteiger partial charge in [-0.15, -0.1) is 0 Å². The number of hydrogen-bond donors (Lipinski definition) is 2. The maximum Gasteiger partial charge on any atom is 0.220 e. The number of carbonyl (C=O) groups excluding carboxylic acids is 1. The number of nitrogens with two attached hydrogens (primary N) is 1. The minimum absolute atomic E-state index is 0.115. The quantitative estimate of drug-likeness (QED) is 0.778. The number of rotatable bonds is 7. The molecule has 0 saturated carbocycles. The van der Waals surface area contributed by atoms with Gasteiger partial charge in [0.25, 0.3) is 0 Å². The number of amides is 1. The van der Waals surface area contributed by atoms with E-state index in [9.17, 15) is 4.79 Å². The van der Waals surface area contributed by atoms with E-state index < -0.39 is 0 Å². The van der Waals surface area contributed by atoms with Crippen molar-refractivity contribution in [2.75, 3.05) is 6.54 Å². The number of nitrogens with one attached hydrogen (secondary N) is 1. The van der Waals surface area contributed by atoms with Crippen molar-refractivity contribution < 1.29 is 4.79 Å². The van der Waals surface area contributed by atoms with Crippen molar-refractivity contribution in [1.29, 1.82) is 0 Å². The van der Waals surface area contributed by atoms with Crippen LogP contribution in [0.5, 0.6) is 0 Å². The van der Waals surface area contributed by atoms with Gasteiger partial charge < -0.3 is 11.1 Å². The van der Waals surface area contributed by atoms with Crippen molar-refractivity contribution in [1.82, 2.24) is 5.32 Å². The summed E-state index contributed by atoms with van der Waals surface area (Å²) in [5, 5.41) is 2.94. The van der Waals surface area contributed by atoms with Crippen LogP contribution in [0, 0.1) is 5.41 Å². The molecule has 0 atom stereocenters. The van der Waals surface area contributed by atoms with Gasteiger partial charge in [-0.05, 0) is 30.4 Å². The van der Waals surface area contributed by atoms with Gasteiger partial charge in [-0.25, -0.2) is 0 Å². The Morgan fingerprint density at radius 3 is 2.50 bits per heavy atom. The molecule has 0 fully saturated rings. The van der Waals surface area contributed by atoms with E-state index in [1.807, 2.05) is 30.3 Å². The van der Waals surface area contributed by atoms with Crippen molar-refractivity contribution in [2.45, 2.75) is 39.7 Å². The van der Waals surface area contributed by atoms with E-state index in [0.29, 0.717) is 19.5 Å². The molecule has 0 unspecified atom stereocenters. The molecule has 0 radical (unpaired) electrons. The second kappa shape index (κ2) is 7.17. The van der Waals surface area contributed by atoms with E-state index in [2.05, 4.69) is 19.2 Å². The zero-order valence-corrected chi connectivity index (χ0v) is 11.4. The lowest BCUT2D eigenvalue weighted by Gasteiger charge is -2.23. The molecule has 0 spiro atoms. The molecule has 0 heterocycles. The Kier molecular flexibility index (Phi) is 5.86. The maximum atomic E-state index is 11.7. The van der Waals surface area contributed by atoms with Gasteiger partial charge >= 0.3 is 0 Å². The number of hydrogen-bond acceptors (Lipinski definition) is 2. The molecule has 3 N–H and O–H groups in total. The molecule has 3 heteroatoms. The van der Waals surface area contributed by atoms with Crippen LogP contribution in [0.25, 0.3) is 0 Å². The Labute approximate surface area is 110 Å². The first-order valence-electron chi connectivity index (χ1n) is 6.54. The highest BCUT2D eigenvalue weighted by atomic mass is 16.1. The lowest BCUT2D eigenvalue weighted by molar-refractivity contribution is -0.121. The van der Waals surface area contributed by atoms with E-state index in [1.54, 1.807) is 0 Å². The fourth-order valence-electron chi connectivity index (χ4n) is 1.85. The van der Waals surface area contributed by atoms with Crippen LogP contribution < -0.4 is 11.1 Å². The Morgan fingerprint density at radius 1 is 1.22 bits per heavy atom. The molecule has 0 aliphatic rings. The molecule has 0 aliphatic carbocycles. The summed E-state index contributed by atoms with van der Waals surface area (Å²) in [5.41, 5.74) is 6.84. The SMILES string of the molecule is CC(C)(CCN)CCC(=O)NCc1ccccc1. The molecular formula is C15H24N2O. The molecule has 0 aliphatic heterocycles. The minimum Gasteiger partial charge on any atom is -0.352 e. The molecular weight excluding hydrogens is 224 g/mol. The maximum absolute atomic E-state index is 11.7. The Balaban J connectivity index is 2.26. The molecule has 18 heavy (non-hydrogen) atoms. The third-order valence-corrected chi connectivity index (χ3v) is 3.18. The summed E-state index contributed by atoms with van der Waals surface area (Å²) in [4.78, 5) is 11.7. The minimum atomic E-state index is 0.115. The van der Waals surface area contributed by atoms with E-state index in [4.69, 9.17) is 5.73 Å². The number of benzene rings is 1. The average molecular weight is 248 g/mol. The summed E-state index contributed by atoms with van der Waals surface area (Å²) < 4.78 is 0. The monoisotopic (exact) mass is 248 g/mol. The lowest BCUT2D eigenvalue weighted by Crippen LogP contribution is -2.25. The molecule has 0 saturated heterocycles. The first-order valence-corrected chi connectivity index (χ1v) is 6.54. The molecule has 1 rings (SSSR count). The third-order valence-electron chi connectivity index (χ3n) is 3.18. The predicted octanol–water partition coefficient (Wildman–Crippen LogP) is 2.46. The van der Waals surface area contributed by atoms with Crippen molar-refractivity contribution >= 4 is 5.91 Å². The fourth-order valence-corrected chi connectivity index (χ4v) is 1.85. The zero-order valence-electron chi connectivity index (χ0n) is 11.4. The van der Waals surface area contributed by atoms with Gasteiger partial charge in [-0.2, -0.15) is 0 Å². The molecule has 1 aromatic carbocycles. The molecule has 100 valence electrons. The molecule has 0 aromatic heterocycles. The zero-order chi connectivity index (χ0) is 13.4. The topological polar surface area (TPSA) is 55.1 Å². The summed E-state index contributed by atoms with van der Waals surface area (Å²) in [6, 6.07) is 9.95. The van der Waals surface area contributed by atoms with E-state index in [-0.39, 0.29) is 11.3 Å². The molecule has 0 bridgehead atoms. The van der Waals surface area contributed by atoms with Crippen LogP contribution in [-0.4, -0.2) is 12.5 Å². The Bertz CT molecular complexity index is 360. The Hall–Kier alpha value is -1.35. The lowest BCUT2D eigenvalue weighted by atomic mass is 9.84. The molecule has 1 aromatic rings. The second-order valence-electron chi connectivity index (χ2n) is 5.47. The summed E-state index contributed by atoms with van der Waals surface area (Å²) in [7, 11) is 0. The highest BCUT2D eigenvalue weighted by Crippen LogP contribution is 2.25. The van der Waals surface area contributed by atoms with Gasteiger partial charge in [0.2, 0.25) is 5.91 Å². The van der Waals surface area contributed by atoms with Crippen molar-refractivity contribution in [3.8, 4) is 0 Å². The smallest absolute Gasteiger partial charge is 0.220 e. The largest absolute Gasteiger partial charge is 0.352 e. The van der Waals surface area contributed by atoms with E-state index >= 15 is 0 Å². The average Bonchev–Trinajstić information content (AvgIpc) is 2.35. The molecule has 1 amide bonds. The second-order valence-corrected chi connectivity index (χ2v) is 5.47. The van der Waals surface area contributed by atoms with Crippen LogP contribution in [-0.2, 0) is 11.3 Å². The van der Waals surface area contributed by atoms with Crippen LogP contribution in [0.2, 0.25) is 0 Å². The molecule has 3 nitrogen and oxygen atoms in total. The highest BCUT2D eigenvalue weighted by molar-refractivity contribution is 5.75. The standard InChI is InChI=1S/C15H24N2O/c1-15(2,10-11-16)9-8-14(18)17-12-13-6-4-3-5-7-13/h3-7H,8-12,16H2,1-2H3,(H,17,18). The third kappa shape index (κ3) is 5.82. The van der Waals surface area contributed by atoms with Gasteiger partial charge in [0.05, 0.1) is 0 Å². The van der Waals surface area contributed by atoms with Gasteiger partial charge in [0, 0.05) is 13.0 Å². The number of carbonyl (C=O) groups is 1. The van der Waals surface area contributed by atoms with Crippen molar-refractivity contribution in [3.05, 3.63) is 35.9 Å². The first-order chi connectivity index (χ1) is 8.53. The van der Waals surface area contributed by atoms with Crippen LogP contribution in [0.3, 0.4) is 0 Å². The summed E-state index contributed by atoms with van der Waals surface area (Å²) in [5.74, 6) is 0.115. The van der Waals surface area contributed by atoms with E-state index in [0.717, 1.165) is 18.4 Å². The summed E-state index contributed by atoms with van der Waals surface area (Å²) in [6.07, 6.45) is 2.41. The fraction of sp³-hybridized carbons (Fsp3) is 0.533. The van der Waals surface area contributed by atoms with Crippen LogP contribution in [0.4, 0.5) is 0 Å². The summed E-state index contributed by atoms with van der Waals surface area (Å²) in [6.45, 7) is 5.60. The first kappa shape index (κ1) is 14.7. The van der Waals surface area contributed by atoms with Gasteiger partial charge in [0.15, 0.2) is 0 Å². The van der Waals surface area contributed by atoms with Gasteiger partial charge in [-0.3, -0.25) is 4.79 Å². The predicted molar refractivity (Wildman–Crippen MR) is 75.0 cm³/mol. The normalized spacial score (nSPS) is 11.3. The highest BCUT2D eigenvalue weighted by Gasteiger charge is 2.17. The van der Waals surface area contributed by atoms with Crippen molar-refractivity contribution in [2.24, 2.45) is 11.1 Å². The van der Waals surface area contributed by atoms with Crippen LogP contribution >= 0.6 is 0 Å². The van der Waals surface area contributed by atoms with E-state index in [1.165, 1.54) is 0 Å². The van der Waals surface area contributed by atoms with Crippen molar-refractivity contribution in [3.63, 3.8) is 0 Å². The van der Waals surface area contributed by atoms with Crippen LogP contribution in [0.1, 0.15) is 38.7 Å². The summed E-state index contributed by atoms with van der Waals surface area (Å²) >= 11 is 0. The van der Waals surface area contributed by atoms with Crippen LogP contribution in [0.15, 0.2) is 30.3 Å².